The minimum atomic E-state index is -0.191. The van der Waals surface area contributed by atoms with Crippen molar-refractivity contribution in [1.29, 1.82) is 0 Å². The molecule has 0 aliphatic carbocycles. The van der Waals surface area contributed by atoms with E-state index in [4.69, 9.17) is 16.3 Å². The Bertz CT molecular complexity index is 1280. The van der Waals surface area contributed by atoms with Crippen LogP contribution in [0.1, 0.15) is 55.7 Å². The van der Waals surface area contributed by atoms with Crippen LogP contribution in [0.4, 0.5) is 5.13 Å². The largest absolute Gasteiger partial charge is 0.495 e. The number of nitrogens with one attached hydrogen (secondary N) is 1. The molecular weight excluding hydrogens is 484 g/mol. The number of carbonyl (C=O) groups excluding carboxylic acids is 2. The van der Waals surface area contributed by atoms with Crippen molar-refractivity contribution < 1.29 is 14.3 Å². The highest BCUT2D eigenvalue weighted by atomic mass is 35.5. The summed E-state index contributed by atoms with van der Waals surface area (Å²) in [5.41, 5.74) is 3.11. The van der Waals surface area contributed by atoms with Crippen LogP contribution in [0.2, 0.25) is 5.02 Å². The molecular formula is C26H27ClN4O3S. The van der Waals surface area contributed by atoms with Crippen molar-refractivity contribution in [3.05, 3.63) is 74.7 Å². The summed E-state index contributed by atoms with van der Waals surface area (Å²) in [6, 6.07) is 12.5. The Hall–Kier alpha value is -2.94. The normalized spacial score (nSPS) is 17.8. The summed E-state index contributed by atoms with van der Waals surface area (Å²) in [6.07, 6.45) is 2.64. The highest BCUT2D eigenvalue weighted by molar-refractivity contribution is 7.15. The fourth-order valence-electron chi connectivity index (χ4n) is 4.75. The number of ether oxygens (including phenoxy) is 1. The number of likely N-dealkylation sites (tertiary alicyclic amines) is 1. The van der Waals surface area contributed by atoms with Crippen molar-refractivity contribution in [3.63, 3.8) is 0 Å². The maximum absolute atomic E-state index is 13.3. The van der Waals surface area contributed by atoms with Crippen molar-refractivity contribution in [2.45, 2.75) is 31.8 Å². The number of halogens is 1. The van der Waals surface area contributed by atoms with Gasteiger partial charge in [0.1, 0.15) is 5.75 Å². The Morgan fingerprint density at radius 1 is 1.17 bits per heavy atom. The molecule has 2 amide bonds. The lowest BCUT2D eigenvalue weighted by molar-refractivity contribution is 0.0735. The number of fused-ring (bicyclic) bond motifs is 1. The zero-order valence-electron chi connectivity index (χ0n) is 19.7. The Morgan fingerprint density at radius 3 is 2.83 bits per heavy atom. The van der Waals surface area contributed by atoms with Crippen LogP contribution in [0, 0.1) is 0 Å². The van der Waals surface area contributed by atoms with Crippen molar-refractivity contribution in [2.75, 3.05) is 32.6 Å². The van der Waals surface area contributed by atoms with Crippen molar-refractivity contribution in [1.82, 2.24) is 14.8 Å². The number of rotatable bonds is 5. The molecule has 35 heavy (non-hydrogen) atoms. The van der Waals surface area contributed by atoms with Gasteiger partial charge in [0.25, 0.3) is 11.8 Å². The Morgan fingerprint density at radius 2 is 2.03 bits per heavy atom. The molecule has 0 spiro atoms. The average Bonchev–Trinajstić information content (AvgIpc) is 3.50. The van der Waals surface area contributed by atoms with Gasteiger partial charge in [-0.3, -0.25) is 14.9 Å². The molecule has 5 rings (SSSR count). The number of benzene rings is 2. The van der Waals surface area contributed by atoms with E-state index < -0.39 is 0 Å². The second-order valence-corrected chi connectivity index (χ2v) is 10.5. The van der Waals surface area contributed by atoms with Crippen molar-refractivity contribution in [2.24, 2.45) is 0 Å². The van der Waals surface area contributed by atoms with Crippen LogP contribution in [-0.2, 0) is 13.0 Å². The molecule has 0 saturated carbocycles. The minimum absolute atomic E-state index is 0.0785. The zero-order valence-corrected chi connectivity index (χ0v) is 21.3. The smallest absolute Gasteiger partial charge is 0.257 e. The molecule has 1 saturated heterocycles. The lowest BCUT2D eigenvalue weighted by atomic mass is 10.0. The van der Waals surface area contributed by atoms with Gasteiger partial charge < -0.3 is 14.5 Å². The second kappa shape index (κ2) is 9.97. The summed E-state index contributed by atoms with van der Waals surface area (Å²) in [5.74, 6) is 0.266. The van der Waals surface area contributed by atoms with E-state index in [1.54, 1.807) is 31.4 Å². The Kier molecular flexibility index (Phi) is 6.77. The molecule has 2 aliphatic heterocycles. The number of amides is 2. The first-order valence-electron chi connectivity index (χ1n) is 11.7. The van der Waals surface area contributed by atoms with E-state index in [1.807, 2.05) is 23.1 Å². The third-order valence-electron chi connectivity index (χ3n) is 6.59. The van der Waals surface area contributed by atoms with Crippen LogP contribution in [0.15, 0.2) is 42.5 Å². The number of carbonyl (C=O) groups is 2. The number of hydrogen-bond donors (Lipinski definition) is 1. The summed E-state index contributed by atoms with van der Waals surface area (Å²) in [4.78, 5) is 36.3. The monoisotopic (exact) mass is 510 g/mol. The van der Waals surface area contributed by atoms with E-state index >= 15 is 0 Å². The van der Waals surface area contributed by atoms with Crippen LogP contribution in [-0.4, -0.2) is 53.8 Å². The molecule has 182 valence electrons. The van der Waals surface area contributed by atoms with Crippen molar-refractivity contribution >= 4 is 39.9 Å². The van der Waals surface area contributed by atoms with Gasteiger partial charge in [0.05, 0.1) is 23.9 Å². The van der Waals surface area contributed by atoms with Gasteiger partial charge in [-0.05, 0) is 55.8 Å². The molecule has 1 fully saturated rings. The van der Waals surface area contributed by atoms with Crippen LogP contribution >= 0.6 is 22.9 Å². The molecule has 1 unspecified atom stereocenters. The summed E-state index contributed by atoms with van der Waals surface area (Å²) in [6.45, 7) is 2.50. The van der Waals surface area contributed by atoms with Gasteiger partial charge in [-0.2, -0.15) is 0 Å². The number of methoxy groups -OCH3 is 1. The summed E-state index contributed by atoms with van der Waals surface area (Å²) < 4.78 is 5.20. The molecule has 2 aliphatic rings. The number of likely N-dealkylation sites (N-methyl/N-ethyl adjacent to an activating group) is 1. The molecule has 0 bridgehead atoms. The fourth-order valence-corrected chi connectivity index (χ4v) is 6.10. The summed E-state index contributed by atoms with van der Waals surface area (Å²) >= 11 is 7.79. The molecule has 3 aromatic rings. The van der Waals surface area contributed by atoms with Gasteiger partial charge in [-0.25, -0.2) is 4.98 Å². The molecule has 9 heteroatoms. The van der Waals surface area contributed by atoms with E-state index in [2.05, 4.69) is 22.2 Å². The first-order valence-corrected chi connectivity index (χ1v) is 12.9. The third-order valence-corrected chi connectivity index (χ3v) is 7.88. The summed E-state index contributed by atoms with van der Waals surface area (Å²) in [5, 5.41) is 4.01. The highest BCUT2D eigenvalue weighted by Crippen LogP contribution is 2.35. The highest BCUT2D eigenvalue weighted by Gasteiger charge is 2.31. The number of thiazole rings is 1. The van der Waals surface area contributed by atoms with Crippen LogP contribution in [0.5, 0.6) is 5.75 Å². The SMILES string of the molecule is COc1ccc(C(=O)N2CCCC2c2cccc(C(=O)Nc3nc4c(s3)CN(C)CC4)c2)cc1Cl. The van der Waals surface area contributed by atoms with Crippen LogP contribution in [0.25, 0.3) is 0 Å². The van der Waals surface area contributed by atoms with E-state index in [0.717, 1.165) is 43.6 Å². The van der Waals surface area contributed by atoms with E-state index in [9.17, 15) is 9.59 Å². The Balaban J connectivity index is 1.32. The molecule has 7 nitrogen and oxygen atoms in total. The second-order valence-electron chi connectivity index (χ2n) is 8.96. The maximum atomic E-state index is 13.3. The molecule has 3 heterocycles. The van der Waals surface area contributed by atoms with Gasteiger partial charge >= 0.3 is 0 Å². The quantitative estimate of drug-likeness (QED) is 0.521. The van der Waals surface area contributed by atoms with E-state index in [1.165, 1.54) is 16.2 Å². The molecule has 1 N–H and O–H groups in total. The standard InChI is InChI=1S/C26H27ClN4O3S/c1-30-12-10-20-23(15-30)35-26(28-20)29-24(32)17-6-3-5-16(13-17)21-7-4-11-31(21)25(33)18-8-9-22(34-2)19(27)14-18/h3,5-6,8-9,13-14,21H,4,7,10-12,15H2,1-2H3,(H,28,29,32). The maximum Gasteiger partial charge on any atom is 0.257 e. The predicted octanol–water partition coefficient (Wildman–Crippen LogP) is 5.02. The van der Waals surface area contributed by atoms with Crippen LogP contribution in [0.3, 0.4) is 0 Å². The molecule has 0 radical (unpaired) electrons. The van der Waals surface area contributed by atoms with Gasteiger partial charge in [0, 0.05) is 42.1 Å². The number of nitrogens with zero attached hydrogens (tertiary/aromatic N) is 3. The zero-order chi connectivity index (χ0) is 24.5. The van der Waals surface area contributed by atoms with Gasteiger partial charge in [-0.1, -0.05) is 23.7 Å². The first kappa shape index (κ1) is 23.8. The van der Waals surface area contributed by atoms with E-state index in [0.29, 0.717) is 33.6 Å². The number of aromatic nitrogens is 1. The molecule has 1 atom stereocenters. The lowest BCUT2D eigenvalue weighted by Gasteiger charge is -2.25. The minimum Gasteiger partial charge on any atom is -0.495 e. The topological polar surface area (TPSA) is 74.8 Å². The van der Waals surface area contributed by atoms with Crippen molar-refractivity contribution in [3.8, 4) is 5.75 Å². The number of anilines is 1. The first-order chi connectivity index (χ1) is 16.9. The van der Waals surface area contributed by atoms with Crippen LogP contribution < -0.4 is 10.1 Å². The molecule has 1 aromatic heterocycles. The van der Waals surface area contributed by atoms with E-state index in [-0.39, 0.29) is 17.9 Å². The predicted molar refractivity (Wildman–Crippen MR) is 138 cm³/mol. The van der Waals surface area contributed by atoms with Gasteiger partial charge in [0.2, 0.25) is 0 Å². The van der Waals surface area contributed by atoms with Gasteiger partial charge in [-0.15, -0.1) is 11.3 Å². The number of hydrogen-bond acceptors (Lipinski definition) is 6. The van der Waals surface area contributed by atoms with Gasteiger partial charge in [0.15, 0.2) is 5.13 Å². The summed E-state index contributed by atoms with van der Waals surface area (Å²) in [7, 11) is 3.64. The average molecular weight is 511 g/mol. The third kappa shape index (κ3) is 4.91. The Labute approximate surface area is 213 Å². The lowest BCUT2D eigenvalue weighted by Crippen LogP contribution is -2.30. The molecule has 2 aromatic carbocycles. The fraction of sp³-hybridized carbons (Fsp3) is 0.346.